The number of benzene rings is 1. The molecule has 1 aromatic carbocycles. The van der Waals surface area contributed by atoms with Crippen LogP contribution in [-0.4, -0.2) is 10.1 Å². The summed E-state index contributed by atoms with van der Waals surface area (Å²) in [5.74, 6) is -5.18. The molecule has 0 aliphatic carbocycles. The molecule has 0 unspecified atom stereocenters. The van der Waals surface area contributed by atoms with E-state index in [9.17, 15) is 18.0 Å². The molecule has 0 saturated heterocycles. The van der Waals surface area contributed by atoms with Gasteiger partial charge in [0, 0.05) is 0 Å². The van der Waals surface area contributed by atoms with E-state index in [-0.39, 0.29) is 0 Å². The third kappa shape index (κ3) is 1.51. The van der Waals surface area contributed by atoms with Crippen molar-refractivity contribution < 1.29 is 17.7 Å². The number of hydrogen-bond acceptors (Lipinski definition) is 3. The third-order valence-electron chi connectivity index (χ3n) is 1.72. The van der Waals surface area contributed by atoms with Gasteiger partial charge in [-0.2, -0.15) is 0 Å². The topological polar surface area (TPSA) is 58.9 Å². The zero-order valence-electron chi connectivity index (χ0n) is 7.05. The van der Waals surface area contributed by atoms with Crippen LogP contribution in [0.4, 0.5) is 13.2 Å². The second-order valence-electron chi connectivity index (χ2n) is 2.66. The zero-order valence-corrected chi connectivity index (χ0v) is 7.05. The van der Waals surface area contributed by atoms with Crippen LogP contribution in [0.5, 0.6) is 0 Å². The van der Waals surface area contributed by atoms with Crippen molar-refractivity contribution in [2.45, 2.75) is 0 Å². The lowest BCUT2D eigenvalue weighted by atomic mass is 10.2. The Labute approximate surface area is 80.3 Å². The molecule has 1 heterocycles. The number of rotatable bonds is 1. The molecule has 0 spiro atoms. The molecule has 1 N–H and O–H groups in total. The van der Waals surface area contributed by atoms with Gasteiger partial charge in [-0.05, 0) is 12.1 Å². The summed E-state index contributed by atoms with van der Waals surface area (Å²) in [6, 6.07) is 1.35. The van der Waals surface area contributed by atoms with E-state index >= 15 is 0 Å². The maximum absolute atomic E-state index is 13.1. The Bertz CT molecular complexity index is 561. The van der Waals surface area contributed by atoms with Crippen LogP contribution >= 0.6 is 0 Å². The molecule has 15 heavy (non-hydrogen) atoms. The van der Waals surface area contributed by atoms with Crippen molar-refractivity contribution in [3.8, 4) is 11.4 Å². The van der Waals surface area contributed by atoms with Crippen LogP contribution in [0, 0.1) is 17.5 Å². The number of nitrogens with zero attached hydrogens (tertiary/aromatic N) is 1. The molecule has 0 bridgehead atoms. The predicted molar refractivity (Wildman–Crippen MR) is 42.4 cm³/mol. The van der Waals surface area contributed by atoms with Crippen molar-refractivity contribution in [2.24, 2.45) is 0 Å². The van der Waals surface area contributed by atoms with Crippen molar-refractivity contribution in [3.63, 3.8) is 0 Å². The molecule has 0 aliphatic rings. The largest absolute Gasteiger partial charge is 0.439 e. The summed E-state index contributed by atoms with van der Waals surface area (Å²) in [5.41, 5.74) is -0.763. The van der Waals surface area contributed by atoms with E-state index in [2.05, 4.69) is 9.68 Å². The molecule has 2 rings (SSSR count). The molecule has 0 radical (unpaired) electrons. The smallest absolute Gasteiger partial charge is 0.296 e. The van der Waals surface area contributed by atoms with E-state index in [4.69, 9.17) is 0 Å². The molecule has 2 aromatic rings. The van der Waals surface area contributed by atoms with Crippen LogP contribution in [0.2, 0.25) is 0 Å². The molecule has 4 nitrogen and oxygen atoms in total. The van der Waals surface area contributed by atoms with Crippen LogP contribution in [0.1, 0.15) is 0 Å². The molecule has 7 heteroatoms. The van der Waals surface area contributed by atoms with Crippen molar-refractivity contribution in [3.05, 3.63) is 40.1 Å². The molecule has 0 atom stereocenters. The highest BCUT2D eigenvalue weighted by Gasteiger charge is 2.18. The Kier molecular flexibility index (Phi) is 2.07. The van der Waals surface area contributed by atoms with Crippen molar-refractivity contribution >= 4 is 0 Å². The number of H-pyrrole nitrogens is 1. The number of aromatic amines is 1. The summed E-state index contributed by atoms with van der Waals surface area (Å²) in [6.07, 6.45) is 0. The minimum atomic E-state index is -1.43. The Balaban J connectivity index is 2.71. The highest BCUT2D eigenvalue weighted by Crippen LogP contribution is 2.23. The Morgan fingerprint density at radius 3 is 2.47 bits per heavy atom. The van der Waals surface area contributed by atoms with Gasteiger partial charge in [0.2, 0.25) is 0 Å². The number of halogens is 3. The maximum atomic E-state index is 13.1. The molecular weight excluding hydrogens is 213 g/mol. The van der Waals surface area contributed by atoms with Gasteiger partial charge >= 0.3 is 5.76 Å². The Hall–Kier alpha value is -2.05. The second-order valence-corrected chi connectivity index (χ2v) is 2.66. The summed E-state index contributed by atoms with van der Waals surface area (Å²) in [5, 5.41) is 3.06. The van der Waals surface area contributed by atoms with Crippen molar-refractivity contribution in [2.75, 3.05) is 0 Å². The van der Waals surface area contributed by atoms with Gasteiger partial charge in [-0.25, -0.2) is 18.0 Å². The van der Waals surface area contributed by atoms with Gasteiger partial charge < -0.3 is 0 Å². The van der Waals surface area contributed by atoms with Crippen LogP contribution < -0.4 is 5.76 Å². The number of aromatic nitrogens is 2. The molecular formula is C8H3F3N2O2. The van der Waals surface area contributed by atoms with Gasteiger partial charge in [0.25, 0.3) is 0 Å². The van der Waals surface area contributed by atoms with Crippen LogP contribution in [0.3, 0.4) is 0 Å². The first-order valence-corrected chi connectivity index (χ1v) is 3.79. The third-order valence-corrected chi connectivity index (χ3v) is 1.72. The van der Waals surface area contributed by atoms with E-state index < -0.39 is 34.6 Å². The minimum absolute atomic E-state index is 0.491. The van der Waals surface area contributed by atoms with Crippen LogP contribution in [0.15, 0.2) is 21.5 Å². The maximum Gasteiger partial charge on any atom is 0.439 e. The SMILES string of the molecule is O=c1[nH]c(-c2c(F)ccc(F)c2F)no1. The second kappa shape index (κ2) is 3.26. The van der Waals surface area contributed by atoms with Gasteiger partial charge in [0.05, 0.1) is 5.56 Å². The molecule has 0 amide bonds. The predicted octanol–water partition coefficient (Wildman–Crippen LogP) is 1.45. The average Bonchev–Trinajstić information content (AvgIpc) is 2.59. The van der Waals surface area contributed by atoms with E-state index in [1.54, 1.807) is 0 Å². The number of hydrogen-bond donors (Lipinski definition) is 1. The first-order valence-electron chi connectivity index (χ1n) is 3.79. The van der Waals surface area contributed by atoms with E-state index in [0.717, 1.165) is 6.07 Å². The minimum Gasteiger partial charge on any atom is -0.296 e. The molecule has 0 saturated carbocycles. The fourth-order valence-electron chi connectivity index (χ4n) is 1.08. The van der Waals surface area contributed by atoms with Crippen LogP contribution in [0.25, 0.3) is 11.4 Å². The standard InChI is InChI=1S/C8H3F3N2O2/c9-3-1-2-4(10)6(11)5(3)7-12-8(14)15-13-7/h1-2H,(H,12,13,14). The summed E-state index contributed by atoms with van der Waals surface area (Å²) < 4.78 is 43.1. The lowest BCUT2D eigenvalue weighted by Gasteiger charge is -2.00. The summed E-state index contributed by atoms with van der Waals surface area (Å²) in [4.78, 5) is 12.5. The van der Waals surface area contributed by atoms with E-state index in [1.165, 1.54) is 0 Å². The summed E-state index contributed by atoms with van der Waals surface area (Å²) in [7, 11) is 0. The van der Waals surface area contributed by atoms with Crippen LogP contribution in [-0.2, 0) is 0 Å². The zero-order chi connectivity index (χ0) is 11.0. The number of nitrogens with one attached hydrogen (secondary N) is 1. The van der Waals surface area contributed by atoms with Gasteiger partial charge in [-0.1, -0.05) is 5.16 Å². The lowest BCUT2D eigenvalue weighted by molar-refractivity contribution is 0.387. The fourth-order valence-corrected chi connectivity index (χ4v) is 1.08. The van der Waals surface area contributed by atoms with Gasteiger partial charge in [-0.15, -0.1) is 0 Å². The average molecular weight is 216 g/mol. The van der Waals surface area contributed by atoms with Gasteiger partial charge in [0.15, 0.2) is 17.5 Å². The molecule has 0 fully saturated rings. The quantitative estimate of drug-likeness (QED) is 0.734. The highest BCUT2D eigenvalue weighted by atomic mass is 19.2. The summed E-state index contributed by atoms with van der Waals surface area (Å²) >= 11 is 0. The Morgan fingerprint density at radius 1 is 1.20 bits per heavy atom. The lowest BCUT2D eigenvalue weighted by Crippen LogP contribution is -1.99. The van der Waals surface area contributed by atoms with E-state index in [1.807, 2.05) is 4.98 Å². The first kappa shape index (κ1) is 9.50. The molecule has 1 aromatic heterocycles. The Morgan fingerprint density at radius 2 is 1.87 bits per heavy atom. The van der Waals surface area contributed by atoms with Gasteiger partial charge in [0.1, 0.15) is 5.82 Å². The molecule has 78 valence electrons. The van der Waals surface area contributed by atoms with Gasteiger partial charge in [-0.3, -0.25) is 9.51 Å². The highest BCUT2D eigenvalue weighted by molar-refractivity contribution is 5.55. The van der Waals surface area contributed by atoms with Crippen molar-refractivity contribution in [1.29, 1.82) is 0 Å². The molecule has 0 aliphatic heterocycles. The first-order chi connectivity index (χ1) is 7.09. The monoisotopic (exact) mass is 216 g/mol. The summed E-state index contributed by atoms with van der Waals surface area (Å²) in [6.45, 7) is 0. The van der Waals surface area contributed by atoms with Crippen molar-refractivity contribution in [1.82, 2.24) is 10.1 Å². The van der Waals surface area contributed by atoms with E-state index in [0.29, 0.717) is 6.07 Å². The fraction of sp³-hybridized carbons (Fsp3) is 0. The normalized spacial score (nSPS) is 10.6.